The van der Waals surface area contributed by atoms with Gasteiger partial charge in [-0.15, -0.1) is 28.7 Å². The molecule has 0 N–H and O–H groups in total. The molecule has 14 heavy (non-hydrogen) atoms. The SMILES string of the molecule is C=CCCCCCCCC[Si](C)(Cl)Cl. The molecule has 0 heterocycles. The second kappa shape index (κ2) is 8.81. The lowest BCUT2D eigenvalue weighted by Crippen LogP contribution is -2.11. The van der Waals surface area contributed by atoms with Gasteiger partial charge in [0, 0.05) is 0 Å². The van der Waals surface area contributed by atoms with Crippen LogP contribution in [0.4, 0.5) is 0 Å². The maximum Gasteiger partial charge on any atom is 0.248 e. The molecule has 3 heteroatoms. The van der Waals surface area contributed by atoms with Crippen molar-refractivity contribution in [2.24, 2.45) is 0 Å². The van der Waals surface area contributed by atoms with Gasteiger partial charge in [-0.05, 0) is 25.4 Å². The first-order chi connectivity index (χ1) is 6.56. The van der Waals surface area contributed by atoms with Crippen LogP contribution in [0.2, 0.25) is 12.6 Å². The third-order valence-corrected chi connectivity index (χ3v) is 4.64. The van der Waals surface area contributed by atoms with Crippen LogP contribution in [0, 0.1) is 0 Å². The van der Waals surface area contributed by atoms with Crippen molar-refractivity contribution in [2.75, 3.05) is 0 Å². The van der Waals surface area contributed by atoms with E-state index in [-0.39, 0.29) is 0 Å². The summed E-state index contributed by atoms with van der Waals surface area (Å²) in [5.74, 6) is 0. The highest BCUT2D eigenvalue weighted by atomic mass is 35.7. The fraction of sp³-hybridized carbons (Fsp3) is 0.818. The first-order valence-corrected chi connectivity index (χ1v) is 10.3. The van der Waals surface area contributed by atoms with Crippen molar-refractivity contribution < 1.29 is 0 Å². The molecule has 0 aromatic heterocycles. The molecule has 0 saturated heterocycles. The smallest absolute Gasteiger partial charge is 0.146 e. The van der Waals surface area contributed by atoms with Crippen LogP contribution in [-0.4, -0.2) is 6.69 Å². The van der Waals surface area contributed by atoms with Crippen LogP contribution in [0.25, 0.3) is 0 Å². The van der Waals surface area contributed by atoms with Gasteiger partial charge in [0.05, 0.1) is 0 Å². The Morgan fingerprint density at radius 2 is 1.50 bits per heavy atom. The molecule has 0 amide bonds. The van der Waals surface area contributed by atoms with E-state index < -0.39 is 6.69 Å². The molecule has 0 aliphatic carbocycles. The normalized spacial score (nSPS) is 11.6. The Morgan fingerprint density at radius 3 is 2.00 bits per heavy atom. The van der Waals surface area contributed by atoms with Gasteiger partial charge in [-0.1, -0.05) is 38.2 Å². The largest absolute Gasteiger partial charge is 0.248 e. The van der Waals surface area contributed by atoms with Gasteiger partial charge in [-0.3, -0.25) is 0 Å². The van der Waals surface area contributed by atoms with Gasteiger partial charge in [-0.25, -0.2) is 0 Å². The van der Waals surface area contributed by atoms with E-state index in [9.17, 15) is 0 Å². The van der Waals surface area contributed by atoms with Gasteiger partial charge >= 0.3 is 0 Å². The number of unbranched alkanes of at least 4 members (excludes halogenated alkanes) is 6. The molecular weight excluding hydrogens is 231 g/mol. The molecule has 84 valence electrons. The van der Waals surface area contributed by atoms with E-state index in [4.69, 9.17) is 22.2 Å². The van der Waals surface area contributed by atoms with Crippen LogP contribution in [0.3, 0.4) is 0 Å². The summed E-state index contributed by atoms with van der Waals surface area (Å²) in [4.78, 5) is 0. The zero-order chi connectivity index (χ0) is 10.9. The van der Waals surface area contributed by atoms with Crippen molar-refractivity contribution >= 4 is 28.9 Å². The van der Waals surface area contributed by atoms with Gasteiger partial charge < -0.3 is 0 Å². The summed E-state index contributed by atoms with van der Waals surface area (Å²) < 4.78 is 0. The summed E-state index contributed by atoms with van der Waals surface area (Å²) in [6, 6.07) is 1.04. The van der Waals surface area contributed by atoms with Crippen LogP contribution < -0.4 is 0 Å². The average Bonchev–Trinajstić information content (AvgIpc) is 2.08. The molecule has 0 saturated carbocycles. The van der Waals surface area contributed by atoms with Gasteiger partial charge in [0.15, 0.2) is 0 Å². The molecule has 0 radical (unpaired) electrons. The minimum absolute atomic E-state index is 1.04. The minimum atomic E-state index is -1.81. The van der Waals surface area contributed by atoms with Crippen molar-refractivity contribution in [2.45, 2.75) is 57.5 Å². The highest BCUT2D eigenvalue weighted by molar-refractivity contribution is 7.44. The van der Waals surface area contributed by atoms with E-state index in [0.717, 1.165) is 12.5 Å². The van der Waals surface area contributed by atoms with Crippen LogP contribution in [0.15, 0.2) is 12.7 Å². The van der Waals surface area contributed by atoms with Gasteiger partial charge in [0.2, 0.25) is 6.69 Å². The Balaban J connectivity index is 3.03. The quantitative estimate of drug-likeness (QED) is 0.222. The first kappa shape index (κ1) is 14.5. The third-order valence-electron chi connectivity index (χ3n) is 2.27. The molecule has 0 rings (SSSR count). The van der Waals surface area contributed by atoms with E-state index in [1.807, 2.05) is 12.6 Å². The second-order valence-electron chi connectivity index (χ2n) is 4.02. The van der Waals surface area contributed by atoms with E-state index >= 15 is 0 Å². The summed E-state index contributed by atoms with van der Waals surface area (Å²) in [5, 5.41) is 0. The van der Waals surface area contributed by atoms with Crippen LogP contribution in [-0.2, 0) is 0 Å². The summed E-state index contributed by atoms with van der Waals surface area (Å²) >= 11 is 12.0. The summed E-state index contributed by atoms with van der Waals surface area (Å²) in [7, 11) is 0. The zero-order valence-electron chi connectivity index (χ0n) is 9.20. The number of hydrogen-bond donors (Lipinski definition) is 0. The molecule has 0 aliphatic heterocycles. The number of halogens is 2. The Labute approximate surface area is 99.1 Å². The number of rotatable bonds is 9. The lowest BCUT2D eigenvalue weighted by molar-refractivity contribution is 0.610. The standard InChI is InChI=1S/C11H22Cl2Si/c1-3-4-5-6-7-8-9-10-11-14(2,12)13/h3H,1,4-11H2,2H3. The average molecular weight is 253 g/mol. The van der Waals surface area contributed by atoms with E-state index in [1.54, 1.807) is 0 Å². The van der Waals surface area contributed by atoms with E-state index in [2.05, 4.69) is 6.58 Å². The monoisotopic (exact) mass is 252 g/mol. The number of hydrogen-bond acceptors (Lipinski definition) is 0. The maximum absolute atomic E-state index is 6.01. The van der Waals surface area contributed by atoms with Crippen LogP contribution in [0.1, 0.15) is 44.9 Å². The van der Waals surface area contributed by atoms with Crippen molar-refractivity contribution in [1.82, 2.24) is 0 Å². The molecule has 0 aromatic carbocycles. The molecule has 0 atom stereocenters. The van der Waals surface area contributed by atoms with Gasteiger partial charge in [-0.2, -0.15) is 0 Å². The highest BCUT2D eigenvalue weighted by Gasteiger charge is 2.19. The fourth-order valence-corrected chi connectivity index (χ4v) is 3.10. The zero-order valence-corrected chi connectivity index (χ0v) is 11.7. The lowest BCUT2D eigenvalue weighted by Gasteiger charge is -2.08. The van der Waals surface area contributed by atoms with Crippen LogP contribution in [0.5, 0.6) is 0 Å². The topological polar surface area (TPSA) is 0 Å². The Morgan fingerprint density at radius 1 is 1.00 bits per heavy atom. The molecular formula is C11H22Cl2Si. The van der Waals surface area contributed by atoms with Crippen molar-refractivity contribution in [3.8, 4) is 0 Å². The molecule has 0 spiro atoms. The maximum atomic E-state index is 6.01. The Hall–Kier alpha value is 0.537. The minimum Gasteiger partial charge on any atom is -0.146 e. The molecule has 0 unspecified atom stereocenters. The molecule has 0 aliphatic rings. The summed E-state index contributed by atoms with van der Waals surface area (Å²) in [5.41, 5.74) is 0. The van der Waals surface area contributed by atoms with Crippen molar-refractivity contribution in [3.63, 3.8) is 0 Å². The van der Waals surface area contributed by atoms with Gasteiger partial charge in [0.25, 0.3) is 0 Å². The first-order valence-electron chi connectivity index (χ1n) is 5.55. The van der Waals surface area contributed by atoms with Crippen LogP contribution >= 0.6 is 22.2 Å². The highest BCUT2D eigenvalue weighted by Crippen LogP contribution is 2.23. The third kappa shape index (κ3) is 12.5. The molecule has 0 aromatic rings. The predicted molar refractivity (Wildman–Crippen MR) is 70.6 cm³/mol. The predicted octanol–water partition coefficient (Wildman–Crippen LogP) is 5.45. The summed E-state index contributed by atoms with van der Waals surface area (Å²) in [6.45, 7) is 3.90. The summed E-state index contributed by atoms with van der Waals surface area (Å²) in [6.07, 6.45) is 11.0. The molecule has 0 nitrogen and oxygen atoms in total. The second-order valence-corrected chi connectivity index (χ2v) is 12.2. The molecule has 0 bridgehead atoms. The van der Waals surface area contributed by atoms with Gasteiger partial charge in [0.1, 0.15) is 0 Å². The van der Waals surface area contributed by atoms with Crippen molar-refractivity contribution in [3.05, 3.63) is 12.7 Å². The fourth-order valence-electron chi connectivity index (χ4n) is 1.43. The van der Waals surface area contributed by atoms with E-state index in [1.165, 1.54) is 38.5 Å². The Bertz CT molecular complexity index is 141. The lowest BCUT2D eigenvalue weighted by atomic mass is 10.1. The van der Waals surface area contributed by atoms with E-state index in [0.29, 0.717) is 0 Å². The number of allylic oxidation sites excluding steroid dienone is 1. The van der Waals surface area contributed by atoms with Crippen molar-refractivity contribution in [1.29, 1.82) is 0 Å². The Kier molecular flexibility index (Phi) is 9.15. The molecule has 0 fully saturated rings.